The highest BCUT2D eigenvalue weighted by Crippen LogP contribution is 2.31. The quantitative estimate of drug-likeness (QED) is 0.794. The zero-order chi connectivity index (χ0) is 19.1. The summed E-state index contributed by atoms with van der Waals surface area (Å²) in [5, 5.41) is 14.1. The summed E-state index contributed by atoms with van der Waals surface area (Å²) in [6, 6.07) is 7.33. The van der Waals surface area contributed by atoms with E-state index >= 15 is 0 Å². The molecule has 2 saturated carbocycles. The molecule has 0 radical (unpaired) electrons. The van der Waals surface area contributed by atoms with Crippen molar-refractivity contribution in [1.82, 2.24) is 0 Å². The lowest BCUT2D eigenvalue weighted by atomic mass is 9.78. The van der Waals surface area contributed by atoms with Crippen molar-refractivity contribution in [2.45, 2.75) is 64.2 Å². The fourth-order valence-corrected chi connectivity index (χ4v) is 4.42. The van der Waals surface area contributed by atoms with Crippen LogP contribution in [0.2, 0.25) is 0 Å². The van der Waals surface area contributed by atoms with E-state index in [1.54, 1.807) is 0 Å². The minimum atomic E-state index is -1.11. The van der Waals surface area contributed by atoms with Gasteiger partial charge in [0, 0.05) is 23.5 Å². The normalized spacial score (nSPS) is 23.6. The van der Waals surface area contributed by atoms with Gasteiger partial charge in [-0.2, -0.15) is 0 Å². The monoisotopic (exact) mass is 372 g/mol. The molecule has 0 saturated heterocycles. The van der Waals surface area contributed by atoms with Crippen LogP contribution in [0.25, 0.3) is 0 Å². The lowest BCUT2D eigenvalue weighted by molar-refractivity contribution is -0.313. The summed E-state index contributed by atoms with van der Waals surface area (Å²) >= 11 is 0. The number of carbonyl (C=O) groups excluding carboxylic acids is 2. The van der Waals surface area contributed by atoms with E-state index in [0.29, 0.717) is 18.5 Å². The van der Waals surface area contributed by atoms with Crippen LogP contribution in [0.3, 0.4) is 0 Å². The number of nitrogens with one attached hydrogen (secondary N) is 1. The molecule has 5 nitrogen and oxygen atoms in total. The zero-order valence-corrected chi connectivity index (χ0v) is 16.0. The van der Waals surface area contributed by atoms with Crippen molar-refractivity contribution >= 4 is 17.6 Å². The van der Waals surface area contributed by atoms with Crippen LogP contribution >= 0.6 is 0 Å². The number of benzene rings is 1. The van der Waals surface area contributed by atoms with Gasteiger partial charge >= 0.3 is 0 Å². The van der Waals surface area contributed by atoms with Crippen molar-refractivity contribution < 1.29 is 19.4 Å². The van der Waals surface area contributed by atoms with E-state index < -0.39 is 17.8 Å². The summed E-state index contributed by atoms with van der Waals surface area (Å²) in [5.41, 5.74) is 0.669. The lowest BCUT2D eigenvalue weighted by Crippen LogP contribution is -2.42. The number of rotatable bonds is 7. The first-order valence-corrected chi connectivity index (χ1v) is 10.4. The maximum absolute atomic E-state index is 12.5. The Bertz CT molecular complexity index is 622. The van der Waals surface area contributed by atoms with Gasteiger partial charge in [-0.15, -0.1) is 0 Å². The third kappa shape index (κ3) is 5.72. The third-order valence-electron chi connectivity index (χ3n) is 6.05. The summed E-state index contributed by atoms with van der Waals surface area (Å²) in [4.78, 5) is 23.8. The number of carboxylic acid groups (broad SMARTS) is 1. The Labute approximate surface area is 161 Å². The van der Waals surface area contributed by atoms with Crippen LogP contribution in [0.15, 0.2) is 24.3 Å². The van der Waals surface area contributed by atoms with Gasteiger partial charge in [0.05, 0.1) is 6.61 Å². The van der Waals surface area contributed by atoms with Crippen LogP contribution in [-0.4, -0.2) is 18.5 Å². The van der Waals surface area contributed by atoms with Gasteiger partial charge in [-0.25, -0.2) is 0 Å². The number of hydrogen-bond acceptors (Lipinski definition) is 4. The van der Waals surface area contributed by atoms with Gasteiger partial charge in [-0.05, 0) is 49.4 Å². The molecule has 3 rings (SSSR count). The standard InChI is InChI=1S/C22H31NO4/c24-21(19-8-4-5-9-20(19)22(25)26)23-17-10-12-18(13-11-17)27-15-14-16-6-2-1-3-7-16/h10-13,16,19-20H,1-9,14-15H2,(H,23,24)(H,25,26)/p-1/t19-,20+/m0/s1. The van der Waals surface area contributed by atoms with E-state index in [-0.39, 0.29) is 5.91 Å². The van der Waals surface area contributed by atoms with Gasteiger partial charge in [0.2, 0.25) is 5.91 Å². The van der Waals surface area contributed by atoms with Gasteiger partial charge in [-0.1, -0.05) is 44.9 Å². The molecule has 1 aromatic carbocycles. The molecule has 0 spiro atoms. The van der Waals surface area contributed by atoms with E-state index in [9.17, 15) is 14.7 Å². The Kier molecular flexibility index (Phi) is 7.13. The first-order valence-electron chi connectivity index (χ1n) is 10.4. The van der Waals surface area contributed by atoms with Crippen LogP contribution in [-0.2, 0) is 9.59 Å². The molecule has 1 aromatic rings. The molecule has 2 aliphatic rings. The topological polar surface area (TPSA) is 78.5 Å². The summed E-state index contributed by atoms with van der Waals surface area (Å²) in [6.07, 6.45) is 10.7. The Morgan fingerprint density at radius 1 is 0.926 bits per heavy atom. The first kappa shape index (κ1) is 19.7. The SMILES string of the molecule is O=C(Nc1ccc(OCCC2CCCCC2)cc1)[C@H]1CCCC[C@H]1C(=O)[O-]. The maximum atomic E-state index is 12.5. The molecule has 0 unspecified atom stereocenters. The van der Waals surface area contributed by atoms with E-state index in [1.807, 2.05) is 24.3 Å². The molecule has 148 valence electrons. The molecule has 2 atom stereocenters. The predicted octanol–water partition coefficient (Wildman–Crippen LogP) is 3.53. The summed E-state index contributed by atoms with van der Waals surface area (Å²) < 4.78 is 5.83. The molecule has 0 heterocycles. The fraction of sp³-hybridized carbons (Fsp3) is 0.636. The number of carboxylic acids is 1. The van der Waals surface area contributed by atoms with Crippen LogP contribution in [0.4, 0.5) is 5.69 Å². The van der Waals surface area contributed by atoms with Gasteiger partial charge < -0.3 is 20.0 Å². The van der Waals surface area contributed by atoms with Gasteiger partial charge in [0.25, 0.3) is 0 Å². The minimum Gasteiger partial charge on any atom is -0.550 e. The number of ether oxygens (including phenoxy) is 1. The second-order valence-corrected chi connectivity index (χ2v) is 7.97. The summed E-state index contributed by atoms with van der Waals surface area (Å²) in [7, 11) is 0. The second kappa shape index (κ2) is 9.77. The Balaban J connectivity index is 1.46. The maximum Gasteiger partial charge on any atom is 0.228 e. The highest BCUT2D eigenvalue weighted by atomic mass is 16.5. The second-order valence-electron chi connectivity index (χ2n) is 7.97. The number of carbonyl (C=O) groups is 2. The molecule has 2 aliphatic carbocycles. The van der Waals surface area contributed by atoms with Crippen LogP contribution in [0.5, 0.6) is 5.75 Å². The molecular weight excluding hydrogens is 342 g/mol. The molecular formula is C22H30NO4-. The van der Waals surface area contributed by atoms with Crippen molar-refractivity contribution in [2.24, 2.45) is 17.8 Å². The van der Waals surface area contributed by atoms with E-state index in [1.165, 1.54) is 32.1 Å². The van der Waals surface area contributed by atoms with Crippen molar-refractivity contribution in [3.8, 4) is 5.75 Å². The van der Waals surface area contributed by atoms with Gasteiger partial charge in [0.1, 0.15) is 5.75 Å². The summed E-state index contributed by atoms with van der Waals surface area (Å²) in [6.45, 7) is 0.728. The van der Waals surface area contributed by atoms with Gasteiger partial charge in [0.15, 0.2) is 0 Å². The zero-order valence-electron chi connectivity index (χ0n) is 16.0. The lowest BCUT2D eigenvalue weighted by Gasteiger charge is -2.31. The predicted molar refractivity (Wildman–Crippen MR) is 102 cm³/mol. The van der Waals surface area contributed by atoms with Crippen molar-refractivity contribution in [1.29, 1.82) is 0 Å². The molecule has 2 fully saturated rings. The minimum absolute atomic E-state index is 0.227. The molecule has 1 amide bonds. The summed E-state index contributed by atoms with van der Waals surface area (Å²) in [5.74, 6) is -0.929. The third-order valence-corrected chi connectivity index (χ3v) is 6.05. The van der Waals surface area contributed by atoms with Crippen molar-refractivity contribution in [3.05, 3.63) is 24.3 Å². The highest BCUT2D eigenvalue weighted by molar-refractivity contribution is 5.95. The Morgan fingerprint density at radius 2 is 1.56 bits per heavy atom. The smallest absolute Gasteiger partial charge is 0.228 e. The van der Waals surface area contributed by atoms with E-state index in [0.717, 1.165) is 37.5 Å². The van der Waals surface area contributed by atoms with E-state index in [2.05, 4.69) is 5.32 Å². The van der Waals surface area contributed by atoms with E-state index in [4.69, 9.17) is 4.74 Å². The van der Waals surface area contributed by atoms with Crippen LogP contribution in [0, 0.1) is 17.8 Å². The molecule has 0 bridgehead atoms. The molecule has 5 heteroatoms. The molecule has 1 N–H and O–H groups in total. The average Bonchev–Trinajstić information content (AvgIpc) is 2.70. The molecule has 27 heavy (non-hydrogen) atoms. The highest BCUT2D eigenvalue weighted by Gasteiger charge is 2.31. The number of amides is 1. The Morgan fingerprint density at radius 3 is 2.22 bits per heavy atom. The fourth-order valence-electron chi connectivity index (χ4n) is 4.42. The van der Waals surface area contributed by atoms with Crippen molar-refractivity contribution in [2.75, 3.05) is 11.9 Å². The Hall–Kier alpha value is -2.04. The van der Waals surface area contributed by atoms with Gasteiger partial charge in [-0.3, -0.25) is 4.79 Å². The van der Waals surface area contributed by atoms with Crippen LogP contribution < -0.4 is 15.2 Å². The number of hydrogen-bond donors (Lipinski definition) is 1. The van der Waals surface area contributed by atoms with Crippen LogP contribution in [0.1, 0.15) is 64.2 Å². The number of aliphatic carboxylic acids is 1. The average molecular weight is 372 g/mol. The molecule has 0 aliphatic heterocycles. The van der Waals surface area contributed by atoms with Crippen molar-refractivity contribution in [3.63, 3.8) is 0 Å². The molecule has 0 aromatic heterocycles. The largest absolute Gasteiger partial charge is 0.550 e. The number of anilines is 1. The first-order chi connectivity index (χ1) is 13.1.